The molecule has 1 saturated heterocycles. The molecule has 6 nitrogen and oxygen atoms in total. The van der Waals surface area contributed by atoms with E-state index in [1.165, 1.54) is 0 Å². The third-order valence-corrected chi connectivity index (χ3v) is 5.29. The van der Waals surface area contributed by atoms with Gasteiger partial charge in [-0.2, -0.15) is 0 Å². The number of anilines is 1. The maximum absolute atomic E-state index is 13.4. The van der Waals surface area contributed by atoms with E-state index in [1.54, 1.807) is 0 Å². The van der Waals surface area contributed by atoms with Crippen LogP contribution in [0.25, 0.3) is 0 Å². The summed E-state index contributed by atoms with van der Waals surface area (Å²) in [6.45, 7) is -0.753. The second-order valence-corrected chi connectivity index (χ2v) is 7.63. The highest BCUT2D eigenvalue weighted by atomic mass is 32.2. The third kappa shape index (κ3) is 4.70. The molecule has 1 atom stereocenters. The van der Waals surface area contributed by atoms with Crippen molar-refractivity contribution in [2.24, 2.45) is 5.92 Å². The molecule has 24 heavy (non-hydrogen) atoms. The number of hydrogen-bond donors (Lipinski definition) is 1. The van der Waals surface area contributed by atoms with E-state index in [2.05, 4.69) is 4.74 Å². The van der Waals surface area contributed by atoms with Crippen LogP contribution in [0.1, 0.15) is 12.8 Å². The third-order valence-electron chi connectivity index (χ3n) is 3.46. The molecule has 1 fully saturated rings. The van der Waals surface area contributed by atoms with Gasteiger partial charge in [-0.25, -0.2) is 21.6 Å². The predicted molar refractivity (Wildman–Crippen MR) is 77.3 cm³/mol. The van der Waals surface area contributed by atoms with E-state index in [1.807, 2.05) is 5.32 Å². The van der Waals surface area contributed by atoms with Crippen molar-refractivity contribution in [3.05, 3.63) is 29.6 Å². The summed E-state index contributed by atoms with van der Waals surface area (Å²) in [4.78, 5) is 23.1. The summed E-state index contributed by atoms with van der Waals surface area (Å²) in [5.74, 6) is -6.84. The molecule has 0 unspecified atom stereocenters. The highest BCUT2D eigenvalue weighted by Gasteiger charge is 2.30. The molecule has 1 N–H and O–H groups in total. The van der Waals surface area contributed by atoms with E-state index in [4.69, 9.17) is 0 Å². The van der Waals surface area contributed by atoms with Crippen LogP contribution >= 0.6 is 0 Å². The van der Waals surface area contributed by atoms with E-state index in [-0.39, 0.29) is 23.8 Å². The first-order valence-corrected chi connectivity index (χ1v) is 8.79. The van der Waals surface area contributed by atoms with Crippen LogP contribution in [0.5, 0.6) is 0 Å². The number of sulfone groups is 1. The molecule has 0 bridgehead atoms. The number of esters is 1. The summed E-state index contributed by atoms with van der Waals surface area (Å²) >= 11 is 0. The van der Waals surface area contributed by atoms with Gasteiger partial charge in [0, 0.05) is 6.42 Å². The Bertz CT molecular complexity index is 766. The second-order valence-electron chi connectivity index (χ2n) is 5.40. The van der Waals surface area contributed by atoms with Gasteiger partial charge in [-0.05, 0) is 24.5 Å². The number of hydrogen-bond acceptors (Lipinski definition) is 5. The van der Waals surface area contributed by atoms with Gasteiger partial charge in [-0.3, -0.25) is 9.59 Å². The standard InChI is InChI=1S/C14H14F3NO5S/c15-9-1-2-10(14(17)13(9)16)18-11(19)6-23-12(20)5-8-3-4-24(21,22)7-8/h1-2,8H,3-7H2,(H,18,19)/t8-/m1/s1. The lowest BCUT2D eigenvalue weighted by atomic mass is 10.1. The zero-order chi connectivity index (χ0) is 17.9. The quantitative estimate of drug-likeness (QED) is 0.630. The van der Waals surface area contributed by atoms with Crippen molar-refractivity contribution in [3.63, 3.8) is 0 Å². The van der Waals surface area contributed by atoms with Gasteiger partial charge < -0.3 is 10.1 Å². The van der Waals surface area contributed by atoms with E-state index in [0.717, 1.165) is 6.07 Å². The van der Waals surface area contributed by atoms with Gasteiger partial charge in [0.05, 0.1) is 17.2 Å². The van der Waals surface area contributed by atoms with Gasteiger partial charge >= 0.3 is 5.97 Å². The second kappa shape index (κ2) is 7.20. The van der Waals surface area contributed by atoms with Crippen LogP contribution < -0.4 is 5.32 Å². The maximum atomic E-state index is 13.4. The zero-order valence-electron chi connectivity index (χ0n) is 12.4. The molecule has 1 aromatic carbocycles. The Morgan fingerprint density at radius 2 is 1.92 bits per heavy atom. The molecule has 1 heterocycles. The zero-order valence-corrected chi connectivity index (χ0v) is 13.2. The lowest BCUT2D eigenvalue weighted by Crippen LogP contribution is -2.23. The van der Waals surface area contributed by atoms with Crippen molar-refractivity contribution < 1.29 is 35.9 Å². The number of carbonyl (C=O) groups is 2. The smallest absolute Gasteiger partial charge is 0.306 e. The summed E-state index contributed by atoms with van der Waals surface area (Å²) < 4.78 is 66.3. The minimum absolute atomic E-state index is 0.0147. The van der Waals surface area contributed by atoms with Crippen molar-refractivity contribution >= 4 is 27.4 Å². The molecule has 0 saturated carbocycles. The molecule has 1 aliphatic rings. The van der Waals surface area contributed by atoms with Crippen LogP contribution in [0.4, 0.5) is 18.9 Å². The molecular formula is C14H14F3NO5S. The largest absolute Gasteiger partial charge is 0.456 e. The lowest BCUT2D eigenvalue weighted by molar-refractivity contribution is -0.148. The summed E-state index contributed by atoms with van der Waals surface area (Å²) in [6.07, 6.45) is 0.204. The highest BCUT2D eigenvalue weighted by Crippen LogP contribution is 2.22. The van der Waals surface area contributed by atoms with E-state index in [0.29, 0.717) is 12.5 Å². The fraction of sp³-hybridized carbons (Fsp3) is 0.429. The molecule has 132 valence electrons. The minimum atomic E-state index is -3.12. The summed E-state index contributed by atoms with van der Waals surface area (Å²) in [5, 5.41) is 1.95. The summed E-state index contributed by atoms with van der Waals surface area (Å²) in [7, 11) is -3.12. The van der Waals surface area contributed by atoms with E-state index in [9.17, 15) is 31.2 Å². The van der Waals surface area contributed by atoms with Crippen LogP contribution in [-0.2, 0) is 24.2 Å². The van der Waals surface area contributed by atoms with Crippen molar-refractivity contribution in [2.45, 2.75) is 12.8 Å². The Morgan fingerprint density at radius 1 is 1.21 bits per heavy atom. The molecule has 0 spiro atoms. The number of amides is 1. The highest BCUT2D eigenvalue weighted by molar-refractivity contribution is 7.91. The number of rotatable bonds is 5. The topological polar surface area (TPSA) is 89.5 Å². The Morgan fingerprint density at radius 3 is 2.54 bits per heavy atom. The van der Waals surface area contributed by atoms with E-state index < -0.39 is 51.5 Å². The molecule has 2 rings (SSSR count). The summed E-state index contributed by atoms with van der Waals surface area (Å²) in [6, 6.07) is 1.47. The fourth-order valence-electron chi connectivity index (χ4n) is 2.28. The maximum Gasteiger partial charge on any atom is 0.306 e. The van der Waals surface area contributed by atoms with Crippen LogP contribution in [0.15, 0.2) is 12.1 Å². The number of benzene rings is 1. The first-order chi connectivity index (χ1) is 11.2. The first-order valence-electron chi connectivity index (χ1n) is 6.97. The van der Waals surface area contributed by atoms with Crippen molar-refractivity contribution in [1.29, 1.82) is 0 Å². The molecule has 1 amide bonds. The van der Waals surface area contributed by atoms with Gasteiger partial charge in [-0.15, -0.1) is 0 Å². The van der Waals surface area contributed by atoms with Crippen molar-refractivity contribution in [3.8, 4) is 0 Å². The Balaban J connectivity index is 1.81. The Labute approximate surface area is 135 Å². The van der Waals surface area contributed by atoms with Crippen molar-refractivity contribution in [2.75, 3.05) is 23.4 Å². The van der Waals surface area contributed by atoms with Gasteiger partial charge in [-0.1, -0.05) is 0 Å². The van der Waals surface area contributed by atoms with Crippen LogP contribution in [-0.4, -0.2) is 38.4 Å². The molecule has 10 heteroatoms. The Hall–Kier alpha value is -2.10. The molecule has 0 aliphatic carbocycles. The predicted octanol–water partition coefficient (Wildman–Crippen LogP) is 1.41. The molecule has 1 aromatic rings. The van der Waals surface area contributed by atoms with E-state index >= 15 is 0 Å². The summed E-state index contributed by atoms with van der Waals surface area (Å²) in [5.41, 5.74) is -0.586. The molecule has 0 aromatic heterocycles. The Kier molecular flexibility index (Phi) is 5.47. The van der Waals surface area contributed by atoms with Gasteiger partial charge in [0.2, 0.25) is 0 Å². The average molecular weight is 365 g/mol. The normalized spacial score (nSPS) is 19.0. The van der Waals surface area contributed by atoms with Gasteiger partial charge in [0.25, 0.3) is 5.91 Å². The van der Waals surface area contributed by atoms with Crippen LogP contribution in [0.2, 0.25) is 0 Å². The molecular weight excluding hydrogens is 351 g/mol. The minimum Gasteiger partial charge on any atom is -0.456 e. The number of halogens is 3. The SMILES string of the molecule is O=C(COC(=O)C[C@H]1CCS(=O)(=O)C1)Nc1ccc(F)c(F)c1F. The van der Waals surface area contributed by atoms with Crippen molar-refractivity contribution in [1.82, 2.24) is 0 Å². The average Bonchev–Trinajstić information content (AvgIpc) is 2.84. The number of ether oxygens (including phenoxy) is 1. The lowest BCUT2D eigenvalue weighted by Gasteiger charge is -2.09. The van der Waals surface area contributed by atoms with Crippen LogP contribution in [0.3, 0.4) is 0 Å². The number of nitrogens with one attached hydrogen (secondary N) is 1. The van der Waals surface area contributed by atoms with Gasteiger partial charge in [0.1, 0.15) is 0 Å². The fourth-order valence-corrected chi connectivity index (χ4v) is 4.14. The molecule has 1 aliphatic heterocycles. The number of carbonyl (C=O) groups excluding carboxylic acids is 2. The van der Waals surface area contributed by atoms with Gasteiger partial charge in [0.15, 0.2) is 33.9 Å². The first kappa shape index (κ1) is 18.2. The monoisotopic (exact) mass is 365 g/mol. The van der Waals surface area contributed by atoms with Crippen LogP contribution in [0, 0.1) is 23.4 Å². The molecule has 0 radical (unpaired) electrons.